The molecule has 94 valence electrons. The van der Waals surface area contributed by atoms with Crippen molar-refractivity contribution < 1.29 is 0 Å². The largest absolute Gasteiger partial charge is 0.356 e. The molecular weight excluding hydrogens is 222 g/mol. The first-order valence-corrected chi connectivity index (χ1v) is 7.06. The number of fused-ring (bicyclic) bond motifs is 1. The maximum absolute atomic E-state index is 9.33. The van der Waals surface area contributed by atoms with Gasteiger partial charge in [0, 0.05) is 18.8 Å². The van der Waals surface area contributed by atoms with E-state index >= 15 is 0 Å². The third kappa shape index (κ3) is 2.08. The lowest BCUT2D eigenvalue weighted by Crippen LogP contribution is -2.31. The molecule has 0 unspecified atom stereocenters. The zero-order valence-electron chi connectivity index (χ0n) is 10.8. The first kappa shape index (κ1) is 11.5. The van der Waals surface area contributed by atoms with Gasteiger partial charge in [0.15, 0.2) is 0 Å². The molecule has 1 aromatic rings. The molecule has 0 aromatic carbocycles. The Kier molecular flexibility index (Phi) is 3.19. The lowest BCUT2D eigenvalue weighted by atomic mass is 9.94. The van der Waals surface area contributed by atoms with Gasteiger partial charge < -0.3 is 4.90 Å². The first-order valence-electron chi connectivity index (χ1n) is 7.06. The molecule has 18 heavy (non-hydrogen) atoms. The Morgan fingerprint density at radius 2 is 1.83 bits per heavy atom. The van der Waals surface area contributed by atoms with Crippen LogP contribution in [-0.4, -0.2) is 18.1 Å². The number of anilines is 1. The van der Waals surface area contributed by atoms with Crippen LogP contribution in [0, 0.1) is 11.3 Å². The Balaban J connectivity index is 1.99. The number of aryl methyl sites for hydroxylation is 2. The van der Waals surface area contributed by atoms with Gasteiger partial charge in [0.25, 0.3) is 0 Å². The highest BCUT2D eigenvalue weighted by Gasteiger charge is 2.20. The van der Waals surface area contributed by atoms with Gasteiger partial charge in [0.05, 0.1) is 5.56 Å². The van der Waals surface area contributed by atoms with Crippen molar-refractivity contribution in [2.45, 2.75) is 44.9 Å². The lowest BCUT2D eigenvalue weighted by Gasteiger charge is -2.29. The number of nitrogens with zero attached hydrogens (tertiary/aromatic N) is 3. The highest BCUT2D eigenvalue weighted by molar-refractivity contribution is 5.56. The van der Waals surface area contributed by atoms with Crippen molar-refractivity contribution in [1.29, 1.82) is 5.26 Å². The second kappa shape index (κ2) is 4.97. The quantitative estimate of drug-likeness (QED) is 0.759. The van der Waals surface area contributed by atoms with Crippen LogP contribution in [0.15, 0.2) is 6.07 Å². The third-order valence-corrected chi connectivity index (χ3v) is 4.06. The minimum absolute atomic E-state index is 0.776. The molecule has 1 aliphatic heterocycles. The van der Waals surface area contributed by atoms with Crippen LogP contribution in [-0.2, 0) is 12.8 Å². The molecule has 1 aromatic heterocycles. The molecule has 0 amide bonds. The van der Waals surface area contributed by atoms with Crippen molar-refractivity contribution in [1.82, 2.24) is 4.98 Å². The Morgan fingerprint density at radius 3 is 2.61 bits per heavy atom. The third-order valence-electron chi connectivity index (χ3n) is 4.06. The number of hydrogen-bond acceptors (Lipinski definition) is 3. The number of aromatic nitrogens is 1. The van der Waals surface area contributed by atoms with Crippen molar-refractivity contribution >= 4 is 5.82 Å². The maximum Gasteiger partial charge on any atom is 0.146 e. The summed E-state index contributed by atoms with van der Waals surface area (Å²) < 4.78 is 0. The summed E-state index contributed by atoms with van der Waals surface area (Å²) in [4.78, 5) is 7.11. The summed E-state index contributed by atoms with van der Waals surface area (Å²) in [5.74, 6) is 0.942. The standard InChI is InChI=1S/C15H19N3/c16-11-13-10-12-6-2-3-7-14(12)17-15(13)18-8-4-1-5-9-18/h10H,1-9H2. The Bertz CT molecular complexity index is 481. The minimum Gasteiger partial charge on any atom is -0.356 e. The van der Waals surface area contributed by atoms with E-state index in [1.54, 1.807) is 0 Å². The predicted octanol–water partition coefficient (Wildman–Crippen LogP) is 2.82. The molecule has 1 saturated heterocycles. The number of nitriles is 1. The Hall–Kier alpha value is -1.56. The van der Waals surface area contributed by atoms with Crippen LogP contribution in [0.2, 0.25) is 0 Å². The SMILES string of the molecule is N#Cc1cc2c(nc1N1CCCCC1)CCCC2. The van der Waals surface area contributed by atoms with E-state index in [-0.39, 0.29) is 0 Å². The predicted molar refractivity (Wildman–Crippen MR) is 71.7 cm³/mol. The average molecular weight is 241 g/mol. The van der Waals surface area contributed by atoms with Crippen molar-refractivity contribution in [3.63, 3.8) is 0 Å². The number of pyridine rings is 1. The monoisotopic (exact) mass is 241 g/mol. The summed E-state index contributed by atoms with van der Waals surface area (Å²) in [5.41, 5.74) is 3.32. The van der Waals surface area contributed by atoms with Gasteiger partial charge in [0.2, 0.25) is 0 Å². The second-order valence-corrected chi connectivity index (χ2v) is 5.33. The molecular formula is C15H19N3. The summed E-state index contributed by atoms with van der Waals surface area (Å²) in [7, 11) is 0. The molecule has 2 aliphatic rings. The molecule has 0 bridgehead atoms. The normalized spacial score (nSPS) is 19.2. The highest BCUT2D eigenvalue weighted by Crippen LogP contribution is 2.27. The summed E-state index contributed by atoms with van der Waals surface area (Å²) in [6.45, 7) is 2.11. The van der Waals surface area contributed by atoms with Crippen LogP contribution in [0.25, 0.3) is 0 Å². The van der Waals surface area contributed by atoms with Gasteiger partial charge in [-0.2, -0.15) is 5.26 Å². The van der Waals surface area contributed by atoms with E-state index in [4.69, 9.17) is 4.98 Å². The first-order chi connectivity index (χ1) is 8.88. The van der Waals surface area contributed by atoms with Crippen LogP contribution < -0.4 is 4.90 Å². The van der Waals surface area contributed by atoms with Crippen molar-refractivity contribution in [3.8, 4) is 6.07 Å². The van der Waals surface area contributed by atoms with E-state index in [1.807, 2.05) is 0 Å². The fourth-order valence-corrected chi connectivity index (χ4v) is 3.05. The second-order valence-electron chi connectivity index (χ2n) is 5.33. The van der Waals surface area contributed by atoms with Gasteiger partial charge in [-0.25, -0.2) is 4.98 Å². The van der Waals surface area contributed by atoms with Gasteiger partial charge >= 0.3 is 0 Å². The van der Waals surface area contributed by atoms with Crippen molar-refractivity contribution in [2.24, 2.45) is 0 Å². The number of rotatable bonds is 1. The Morgan fingerprint density at radius 1 is 1.06 bits per heavy atom. The molecule has 0 atom stereocenters. The van der Waals surface area contributed by atoms with E-state index in [1.165, 1.54) is 43.4 Å². The van der Waals surface area contributed by atoms with Gasteiger partial charge in [-0.05, 0) is 56.6 Å². The minimum atomic E-state index is 0.776. The van der Waals surface area contributed by atoms with Crippen molar-refractivity contribution in [3.05, 3.63) is 22.9 Å². The molecule has 0 spiro atoms. The topological polar surface area (TPSA) is 39.9 Å². The van der Waals surface area contributed by atoms with E-state index in [9.17, 15) is 5.26 Å². The molecule has 3 rings (SSSR count). The van der Waals surface area contributed by atoms with Gasteiger partial charge in [-0.15, -0.1) is 0 Å². The van der Waals surface area contributed by atoms with E-state index in [0.29, 0.717) is 0 Å². The molecule has 0 saturated carbocycles. The van der Waals surface area contributed by atoms with Crippen LogP contribution in [0.3, 0.4) is 0 Å². The van der Waals surface area contributed by atoms with Crippen LogP contribution in [0.4, 0.5) is 5.82 Å². The molecule has 0 radical (unpaired) electrons. The number of piperidine rings is 1. The molecule has 3 heteroatoms. The summed E-state index contributed by atoms with van der Waals surface area (Å²) >= 11 is 0. The van der Waals surface area contributed by atoms with Crippen molar-refractivity contribution in [2.75, 3.05) is 18.0 Å². The fraction of sp³-hybridized carbons (Fsp3) is 0.600. The maximum atomic E-state index is 9.33. The summed E-state index contributed by atoms with van der Waals surface area (Å²) in [5, 5.41) is 9.33. The molecule has 3 nitrogen and oxygen atoms in total. The van der Waals surface area contributed by atoms with Gasteiger partial charge in [0.1, 0.15) is 11.9 Å². The fourth-order valence-electron chi connectivity index (χ4n) is 3.05. The average Bonchev–Trinajstić information content (AvgIpc) is 2.46. The highest BCUT2D eigenvalue weighted by atomic mass is 15.2. The smallest absolute Gasteiger partial charge is 0.146 e. The van der Waals surface area contributed by atoms with Crippen LogP contribution >= 0.6 is 0 Å². The zero-order valence-corrected chi connectivity index (χ0v) is 10.8. The summed E-state index contributed by atoms with van der Waals surface area (Å²) in [6.07, 6.45) is 8.42. The lowest BCUT2D eigenvalue weighted by molar-refractivity contribution is 0.570. The van der Waals surface area contributed by atoms with E-state index in [2.05, 4.69) is 17.0 Å². The van der Waals surface area contributed by atoms with E-state index in [0.717, 1.165) is 37.3 Å². The molecule has 1 fully saturated rings. The van der Waals surface area contributed by atoms with Crippen LogP contribution in [0.5, 0.6) is 0 Å². The zero-order chi connectivity index (χ0) is 12.4. The van der Waals surface area contributed by atoms with Gasteiger partial charge in [-0.3, -0.25) is 0 Å². The van der Waals surface area contributed by atoms with E-state index < -0.39 is 0 Å². The molecule has 2 heterocycles. The molecule has 0 N–H and O–H groups in total. The van der Waals surface area contributed by atoms with Crippen LogP contribution in [0.1, 0.15) is 48.9 Å². The summed E-state index contributed by atoms with van der Waals surface area (Å²) in [6, 6.07) is 4.43. The van der Waals surface area contributed by atoms with Gasteiger partial charge in [-0.1, -0.05) is 0 Å². The molecule has 1 aliphatic carbocycles. The number of hydrogen-bond donors (Lipinski definition) is 0. The Labute approximate surface area is 108 Å².